The second-order valence-electron chi connectivity index (χ2n) is 9.35. The Bertz CT molecular complexity index is 1360. The molecule has 0 bridgehead atoms. The molecule has 0 amide bonds. The number of alkyl halides is 3. The third-order valence-electron chi connectivity index (χ3n) is 6.68. The summed E-state index contributed by atoms with van der Waals surface area (Å²) in [5.74, 6) is -5.28. The van der Waals surface area contributed by atoms with Gasteiger partial charge in [-0.2, -0.15) is 17.6 Å². The number of carbonyl (C=O) groups excluding carboxylic acids is 1. The largest absolute Gasteiger partial charge is 0.493 e. The van der Waals surface area contributed by atoms with Crippen molar-refractivity contribution in [3.8, 4) is 11.5 Å². The quantitative estimate of drug-likeness (QED) is 0.243. The maximum Gasteiger partial charge on any atom is 0.417 e. The lowest BCUT2D eigenvalue weighted by Crippen LogP contribution is -2.41. The van der Waals surface area contributed by atoms with Gasteiger partial charge in [-0.1, -0.05) is 36.4 Å². The molecule has 6 nitrogen and oxygen atoms in total. The number of aromatic nitrogens is 1. The van der Waals surface area contributed by atoms with Crippen molar-refractivity contribution in [3.05, 3.63) is 88.2 Å². The van der Waals surface area contributed by atoms with Gasteiger partial charge in [0.05, 0.1) is 19.9 Å². The van der Waals surface area contributed by atoms with Gasteiger partial charge < -0.3 is 18.9 Å². The molecule has 2 heterocycles. The molecule has 0 unspecified atom stereocenters. The normalized spacial score (nSPS) is 21.1. The van der Waals surface area contributed by atoms with Gasteiger partial charge in [-0.15, -0.1) is 0 Å². The molecule has 0 aliphatic carbocycles. The molecule has 208 valence electrons. The van der Waals surface area contributed by atoms with Crippen LogP contribution in [0.3, 0.4) is 0 Å². The zero-order valence-electron chi connectivity index (χ0n) is 21.6. The molecule has 1 aliphatic heterocycles. The Kier molecular flexibility index (Phi) is 7.83. The summed E-state index contributed by atoms with van der Waals surface area (Å²) in [6, 6.07) is 12.4. The summed E-state index contributed by atoms with van der Waals surface area (Å²) in [5, 5.41) is 0. The van der Waals surface area contributed by atoms with Gasteiger partial charge in [0.25, 0.3) is 0 Å². The first-order valence-corrected chi connectivity index (χ1v) is 11.9. The van der Waals surface area contributed by atoms with Gasteiger partial charge in [0, 0.05) is 23.2 Å². The standard InChI is InChI=1S/C28H26F5NO5/c1-15-12-20(38-14-16-8-6-5-7-9-16)21(26(35)37-4)23(34-15)25-18(13-27(2,39-25)28(31,32)33)17-10-11-19(29)22(30)24(17)36-3/h5-12,18,25H,13-14H2,1-4H3/t18-,25+,27+/m0/s1. The Morgan fingerprint density at radius 3 is 2.44 bits per heavy atom. The van der Waals surface area contributed by atoms with E-state index in [-0.39, 0.29) is 29.2 Å². The molecule has 1 saturated heterocycles. The summed E-state index contributed by atoms with van der Waals surface area (Å²) < 4.78 is 92.8. The molecular formula is C28H26F5NO5. The Morgan fingerprint density at radius 1 is 1.13 bits per heavy atom. The van der Waals surface area contributed by atoms with Crippen LogP contribution in [0, 0.1) is 18.6 Å². The summed E-state index contributed by atoms with van der Waals surface area (Å²) in [5.41, 5.74) is -2.10. The maximum absolute atomic E-state index is 14.7. The Labute approximate surface area is 221 Å². The van der Waals surface area contributed by atoms with Crippen LogP contribution in [0.2, 0.25) is 0 Å². The molecule has 0 radical (unpaired) electrons. The summed E-state index contributed by atoms with van der Waals surface area (Å²) in [6.07, 6.45) is -7.05. The highest BCUT2D eigenvalue weighted by Crippen LogP contribution is 2.57. The SMILES string of the molecule is COC(=O)c1c(OCc2ccccc2)cc(C)nc1[C@@H]1O[C@@](C)(C(F)(F)F)C[C@H]1c1ccc(F)c(F)c1OC. The van der Waals surface area contributed by atoms with Crippen molar-refractivity contribution < 1.29 is 45.7 Å². The number of hydrogen-bond acceptors (Lipinski definition) is 6. The smallest absolute Gasteiger partial charge is 0.417 e. The van der Waals surface area contributed by atoms with Crippen LogP contribution in [0.25, 0.3) is 0 Å². The molecule has 1 aliphatic rings. The molecule has 3 atom stereocenters. The highest BCUT2D eigenvalue weighted by Gasteiger charge is 2.61. The van der Waals surface area contributed by atoms with E-state index in [0.717, 1.165) is 38.8 Å². The number of ether oxygens (including phenoxy) is 4. The highest BCUT2D eigenvalue weighted by atomic mass is 19.4. The molecule has 1 aromatic heterocycles. The molecule has 0 saturated carbocycles. The number of benzene rings is 2. The van der Waals surface area contributed by atoms with E-state index in [4.69, 9.17) is 18.9 Å². The Balaban J connectivity index is 1.90. The Hall–Kier alpha value is -3.73. The molecular weight excluding hydrogens is 525 g/mol. The van der Waals surface area contributed by atoms with Crippen LogP contribution in [0.15, 0.2) is 48.5 Å². The number of pyridine rings is 1. The molecule has 11 heteroatoms. The lowest BCUT2D eigenvalue weighted by atomic mass is 9.84. The van der Waals surface area contributed by atoms with E-state index in [0.29, 0.717) is 5.69 Å². The molecule has 39 heavy (non-hydrogen) atoms. The lowest BCUT2D eigenvalue weighted by molar-refractivity contribution is -0.265. The van der Waals surface area contributed by atoms with Gasteiger partial charge in [0.2, 0.25) is 5.82 Å². The third-order valence-corrected chi connectivity index (χ3v) is 6.68. The number of aryl methyl sites for hydroxylation is 1. The first-order chi connectivity index (χ1) is 18.4. The summed E-state index contributed by atoms with van der Waals surface area (Å²) in [4.78, 5) is 17.4. The number of halogens is 5. The zero-order valence-corrected chi connectivity index (χ0v) is 21.6. The molecule has 1 fully saturated rings. The highest BCUT2D eigenvalue weighted by molar-refractivity contribution is 5.94. The average molecular weight is 552 g/mol. The fourth-order valence-corrected chi connectivity index (χ4v) is 4.71. The number of hydrogen-bond donors (Lipinski definition) is 0. The van der Waals surface area contributed by atoms with E-state index >= 15 is 0 Å². The van der Waals surface area contributed by atoms with Gasteiger partial charge in [-0.3, -0.25) is 4.98 Å². The number of esters is 1. The number of rotatable bonds is 7. The van der Waals surface area contributed by atoms with Crippen LogP contribution in [0.4, 0.5) is 22.0 Å². The van der Waals surface area contributed by atoms with Crippen LogP contribution in [-0.4, -0.2) is 37.0 Å². The van der Waals surface area contributed by atoms with Gasteiger partial charge >= 0.3 is 12.1 Å². The fraction of sp³-hybridized carbons (Fsp3) is 0.357. The van der Waals surface area contributed by atoms with E-state index < -0.39 is 53.6 Å². The number of carbonyl (C=O) groups is 1. The number of nitrogens with zero attached hydrogens (tertiary/aromatic N) is 1. The molecule has 4 rings (SSSR count). The van der Waals surface area contributed by atoms with Crippen LogP contribution in [-0.2, 0) is 16.1 Å². The second kappa shape index (κ2) is 10.8. The van der Waals surface area contributed by atoms with Gasteiger partial charge in [-0.05, 0) is 31.9 Å². The lowest BCUT2D eigenvalue weighted by Gasteiger charge is -2.27. The minimum Gasteiger partial charge on any atom is -0.493 e. The van der Waals surface area contributed by atoms with Crippen LogP contribution >= 0.6 is 0 Å². The zero-order chi connectivity index (χ0) is 28.5. The third kappa shape index (κ3) is 5.40. The molecule has 3 aromatic rings. The Morgan fingerprint density at radius 2 is 1.82 bits per heavy atom. The van der Waals surface area contributed by atoms with Gasteiger partial charge in [-0.25, -0.2) is 9.18 Å². The van der Waals surface area contributed by atoms with Crippen molar-refractivity contribution >= 4 is 5.97 Å². The summed E-state index contributed by atoms with van der Waals surface area (Å²) in [6.45, 7) is 2.47. The molecule has 0 spiro atoms. The second-order valence-corrected chi connectivity index (χ2v) is 9.35. The van der Waals surface area contributed by atoms with E-state index in [1.54, 1.807) is 31.2 Å². The van der Waals surface area contributed by atoms with Crippen LogP contribution < -0.4 is 9.47 Å². The van der Waals surface area contributed by atoms with Gasteiger partial charge in [0.15, 0.2) is 17.2 Å². The topological polar surface area (TPSA) is 66.9 Å². The van der Waals surface area contributed by atoms with Crippen molar-refractivity contribution in [3.63, 3.8) is 0 Å². The van der Waals surface area contributed by atoms with Crippen molar-refractivity contribution in [1.82, 2.24) is 4.98 Å². The molecule has 0 N–H and O–H groups in total. The van der Waals surface area contributed by atoms with Crippen molar-refractivity contribution in [2.45, 2.75) is 50.7 Å². The maximum atomic E-state index is 14.7. The number of methoxy groups -OCH3 is 2. The van der Waals surface area contributed by atoms with Crippen molar-refractivity contribution in [2.75, 3.05) is 14.2 Å². The fourth-order valence-electron chi connectivity index (χ4n) is 4.71. The predicted molar refractivity (Wildman–Crippen MR) is 130 cm³/mol. The van der Waals surface area contributed by atoms with E-state index in [1.165, 1.54) is 6.07 Å². The minimum atomic E-state index is -4.84. The van der Waals surface area contributed by atoms with E-state index in [9.17, 15) is 26.7 Å². The molecule has 2 aromatic carbocycles. The predicted octanol–water partition coefficient (Wildman–Crippen LogP) is 6.61. The first-order valence-electron chi connectivity index (χ1n) is 11.9. The van der Waals surface area contributed by atoms with Crippen molar-refractivity contribution in [1.29, 1.82) is 0 Å². The van der Waals surface area contributed by atoms with Crippen molar-refractivity contribution in [2.24, 2.45) is 0 Å². The summed E-state index contributed by atoms with van der Waals surface area (Å²) >= 11 is 0. The van der Waals surface area contributed by atoms with Gasteiger partial charge in [0.1, 0.15) is 24.0 Å². The minimum absolute atomic E-state index is 0.0217. The van der Waals surface area contributed by atoms with E-state index in [1.807, 2.05) is 6.07 Å². The monoisotopic (exact) mass is 551 g/mol. The first kappa shape index (κ1) is 28.3. The average Bonchev–Trinajstić information content (AvgIpc) is 3.27. The van der Waals surface area contributed by atoms with Crippen LogP contribution in [0.1, 0.15) is 58.2 Å². The summed E-state index contributed by atoms with van der Waals surface area (Å²) in [7, 11) is 2.19. The van der Waals surface area contributed by atoms with E-state index in [2.05, 4.69) is 4.98 Å². The van der Waals surface area contributed by atoms with Crippen LogP contribution in [0.5, 0.6) is 11.5 Å².